The highest BCUT2D eigenvalue weighted by Gasteiger charge is 2.51. The molecule has 2 aliphatic heterocycles. The topological polar surface area (TPSA) is 49.7 Å². The molecule has 3 nitrogen and oxygen atoms in total. The summed E-state index contributed by atoms with van der Waals surface area (Å²) in [4.78, 5) is 0. The highest BCUT2D eigenvalue weighted by Crippen LogP contribution is 2.48. The van der Waals surface area contributed by atoms with Crippen molar-refractivity contribution in [2.24, 2.45) is 5.92 Å². The zero-order valence-corrected chi connectivity index (χ0v) is 8.80. The van der Waals surface area contributed by atoms with Gasteiger partial charge in [0.25, 0.3) is 0 Å². The number of fused-ring (bicyclic) bond motifs is 2. The van der Waals surface area contributed by atoms with Crippen LogP contribution in [0.3, 0.4) is 0 Å². The minimum atomic E-state index is -0.611. The lowest BCUT2D eigenvalue weighted by Crippen LogP contribution is -2.48. The summed E-state index contributed by atoms with van der Waals surface area (Å²) >= 11 is 0. The lowest BCUT2D eigenvalue weighted by molar-refractivity contribution is -0.117. The molecule has 0 aromatic heterocycles. The van der Waals surface area contributed by atoms with Gasteiger partial charge in [-0.25, -0.2) is 0 Å². The van der Waals surface area contributed by atoms with Gasteiger partial charge in [0.05, 0.1) is 23.9 Å². The maximum atomic E-state index is 10.0. The van der Waals surface area contributed by atoms with E-state index in [0.29, 0.717) is 0 Å². The molecule has 2 N–H and O–H groups in total. The highest BCUT2D eigenvalue weighted by atomic mass is 16.5. The minimum Gasteiger partial charge on any atom is -0.390 e. The van der Waals surface area contributed by atoms with Crippen LogP contribution in [0.1, 0.15) is 32.1 Å². The van der Waals surface area contributed by atoms with Crippen LogP contribution >= 0.6 is 0 Å². The molecule has 1 saturated carbocycles. The highest BCUT2D eigenvalue weighted by molar-refractivity contribution is 5.20. The second-order valence-corrected chi connectivity index (χ2v) is 5.10. The molecular formula is C12H18O3. The Bertz CT molecular complexity index is 289. The van der Waals surface area contributed by atoms with E-state index in [0.717, 1.165) is 32.1 Å². The predicted octanol–water partition coefficient (Wildman–Crippen LogP) is 0.996. The van der Waals surface area contributed by atoms with Crippen molar-refractivity contribution < 1.29 is 14.9 Å². The molecule has 0 spiro atoms. The Balaban J connectivity index is 1.84. The van der Waals surface area contributed by atoms with Crippen LogP contribution in [0.2, 0.25) is 0 Å². The summed E-state index contributed by atoms with van der Waals surface area (Å²) in [6.07, 6.45) is 8.07. The summed E-state index contributed by atoms with van der Waals surface area (Å²) in [7, 11) is 0. The van der Waals surface area contributed by atoms with E-state index in [1.807, 2.05) is 0 Å². The van der Waals surface area contributed by atoms with Crippen molar-refractivity contribution in [2.75, 3.05) is 0 Å². The Labute approximate surface area is 89.7 Å². The number of rotatable bonds is 1. The van der Waals surface area contributed by atoms with Crippen molar-refractivity contribution in [1.29, 1.82) is 0 Å². The first-order chi connectivity index (χ1) is 7.21. The Hall–Kier alpha value is -0.380. The molecule has 3 rings (SSSR count). The van der Waals surface area contributed by atoms with Crippen LogP contribution in [-0.2, 0) is 4.74 Å². The second-order valence-electron chi connectivity index (χ2n) is 5.10. The molecule has 0 radical (unpaired) electrons. The third-order valence-electron chi connectivity index (χ3n) is 4.23. The van der Waals surface area contributed by atoms with Crippen LogP contribution in [0, 0.1) is 5.92 Å². The van der Waals surface area contributed by atoms with Crippen LogP contribution in [0.4, 0.5) is 0 Å². The lowest BCUT2D eigenvalue weighted by atomic mass is 9.72. The zero-order chi connectivity index (χ0) is 10.5. The molecule has 1 aliphatic carbocycles. The summed E-state index contributed by atoms with van der Waals surface area (Å²) in [5, 5.41) is 19.8. The molecule has 5 unspecified atom stereocenters. The summed E-state index contributed by atoms with van der Waals surface area (Å²) in [5.41, 5.74) is -0.258. The summed E-state index contributed by atoms with van der Waals surface area (Å²) < 4.78 is 5.94. The van der Waals surface area contributed by atoms with Gasteiger partial charge in [-0.2, -0.15) is 0 Å². The summed E-state index contributed by atoms with van der Waals surface area (Å²) in [6.45, 7) is 0. The standard InChI is InChI=1S/C12H18O3/c13-10-3-1-2-9(11(10)14)12-6-4-8(15-12)5-7-12/h4,6,8-11,13-14H,1-3,5,7H2. The van der Waals surface area contributed by atoms with Crippen molar-refractivity contribution in [3.05, 3.63) is 12.2 Å². The molecule has 3 heteroatoms. The maximum absolute atomic E-state index is 10.0. The molecule has 2 heterocycles. The van der Waals surface area contributed by atoms with E-state index in [1.165, 1.54) is 0 Å². The Morgan fingerprint density at radius 1 is 1.20 bits per heavy atom. The van der Waals surface area contributed by atoms with Crippen LogP contribution in [0.15, 0.2) is 12.2 Å². The van der Waals surface area contributed by atoms with Gasteiger partial charge in [0.2, 0.25) is 0 Å². The first-order valence-corrected chi connectivity index (χ1v) is 5.95. The van der Waals surface area contributed by atoms with Gasteiger partial charge in [-0.1, -0.05) is 18.6 Å². The SMILES string of the molecule is OC1CCCC(C23C=CC(CC2)O3)C1O. The Morgan fingerprint density at radius 3 is 2.67 bits per heavy atom. The molecule has 84 valence electrons. The number of aliphatic hydroxyl groups is 2. The molecule has 0 aromatic carbocycles. The molecule has 0 amide bonds. The Morgan fingerprint density at radius 2 is 2.07 bits per heavy atom. The average molecular weight is 210 g/mol. The van der Waals surface area contributed by atoms with Gasteiger partial charge in [-0.05, 0) is 25.7 Å². The second kappa shape index (κ2) is 3.30. The third-order valence-corrected chi connectivity index (χ3v) is 4.23. The van der Waals surface area contributed by atoms with Crippen molar-refractivity contribution in [1.82, 2.24) is 0 Å². The predicted molar refractivity (Wildman–Crippen MR) is 55.3 cm³/mol. The molecule has 0 aromatic rings. The van der Waals surface area contributed by atoms with Gasteiger partial charge in [-0.15, -0.1) is 0 Å². The van der Waals surface area contributed by atoms with E-state index in [4.69, 9.17) is 4.74 Å². The van der Waals surface area contributed by atoms with Crippen molar-refractivity contribution in [3.63, 3.8) is 0 Å². The van der Waals surface area contributed by atoms with Gasteiger partial charge < -0.3 is 14.9 Å². The first kappa shape index (κ1) is 9.82. The fourth-order valence-electron chi connectivity index (χ4n) is 3.38. The third kappa shape index (κ3) is 1.37. The number of hydrogen-bond donors (Lipinski definition) is 2. The van der Waals surface area contributed by atoms with Crippen molar-refractivity contribution in [2.45, 2.75) is 56.0 Å². The largest absolute Gasteiger partial charge is 0.390 e. The van der Waals surface area contributed by atoms with Crippen LogP contribution < -0.4 is 0 Å². The van der Waals surface area contributed by atoms with Crippen LogP contribution in [-0.4, -0.2) is 34.1 Å². The summed E-state index contributed by atoms with van der Waals surface area (Å²) in [6, 6.07) is 0. The molecule has 3 aliphatic rings. The molecule has 15 heavy (non-hydrogen) atoms. The van der Waals surface area contributed by atoms with E-state index in [1.54, 1.807) is 0 Å². The number of aliphatic hydroxyl groups excluding tert-OH is 2. The van der Waals surface area contributed by atoms with E-state index >= 15 is 0 Å². The lowest BCUT2D eigenvalue weighted by Gasteiger charge is -2.41. The monoisotopic (exact) mass is 210 g/mol. The van der Waals surface area contributed by atoms with Gasteiger partial charge in [0.15, 0.2) is 0 Å². The van der Waals surface area contributed by atoms with E-state index in [-0.39, 0.29) is 17.6 Å². The number of ether oxygens (including phenoxy) is 1. The molecule has 2 fully saturated rings. The minimum absolute atomic E-state index is 0.0880. The molecular weight excluding hydrogens is 192 g/mol. The maximum Gasteiger partial charge on any atom is 0.0926 e. The first-order valence-electron chi connectivity index (χ1n) is 5.95. The van der Waals surface area contributed by atoms with Gasteiger partial charge in [0, 0.05) is 5.92 Å². The average Bonchev–Trinajstić information content (AvgIpc) is 2.83. The van der Waals surface area contributed by atoms with Crippen molar-refractivity contribution in [3.8, 4) is 0 Å². The van der Waals surface area contributed by atoms with E-state index in [2.05, 4.69) is 12.2 Å². The molecule has 1 saturated heterocycles. The fraction of sp³-hybridized carbons (Fsp3) is 0.833. The quantitative estimate of drug-likeness (QED) is 0.635. The fourth-order valence-corrected chi connectivity index (χ4v) is 3.38. The summed E-state index contributed by atoms with van der Waals surface area (Å²) in [5.74, 6) is 0.0880. The van der Waals surface area contributed by atoms with E-state index < -0.39 is 12.2 Å². The van der Waals surface area contributed by atoms with Crippen LogP contribution in [0.5, 0.6) is 0 Å². The van der Waals surface area contributed by atoms with Crippen molar-refractivity contribution >= 4 is 0 Å². The smallest absolute Gasteiger partial charge is 0.0926 e. The normalized spacial score (nSPS) is 53.7. The van der Waals surface area contributed by atoms with Gasteiger partial charge in [-0.3, -0.25) is 0 Å². The van der Waals surface area contributed by atoms with E-state index in [9.17, 15) is 10.2 Å². The zero-order valence-electron chi connectivity index (χ0n) is 8.80. The van der Waals surface area contributed by atoms with Gasteiger partial charge >= 0.3 is 0 Å². The number of hydrogen-bond acceptors (Lipinski definition) is 3. The van der Waals surface area contributed by atoms with Gasteiger partial charge in [0.1, 0.15) is 0 Å². The van der Waals surface area contributed by atoms with Crippen LogP contribution in [0.25, 0.3) is 0 Å². The molecule has 5 atom stereocenters. The molecule has 2 bridgehead atoms. The Kier molecular flexibility index (Phi) is 2.16.